The highest BCUT2D eigenvalue weighted by atomic mass is 16.3. The van der Waals surface area contributed by atoms with Crippen LogP contribution in [0.25, 0.3) is 11.0 Å². The number of para-hydroxylation sites is 1. The zero-order chi connectivity index (χ0) is 15.4. The van der Waals surface area contributed by atoms with Gasteiger partial charge in [0.05, 0.1) is 11.5 Å². The van der Waals surface area contributed by atoms with Crippen LogP contribution < -0.4 is 10.7 Å². The van der Waals surface area contributed by atoms with Crippen molar-refractivity contribution in [2.75, 3.05) is 6.54 Å². The first-order valence-corrected chi connectivity index (χ1v) is 6.98. The van der Waals surface area contributed by atoms with E-state index in [1.807, 2.05) is 13.8 Å². The molecule has 2 rings (SSSR count). The molecule has 0 fully saturated rings. The lowest BCUT2D eigenvalue weighted by Gasteiger charge is -2.14. The number of fused-ring (bicyclic) bond motifs is 1. The highest BCUT2D eigenvalue weighted by molar-refractivity contribution is 5.93. The average Bonchev–Trinajstić information content (AvgIpc) is 2.46. The Hall–Kier alpha value is -2.14. The molecular weight excluding hydrogens is 270 g/mol. The summed E-state index contributed by atoms with van der Waals surface area (Å²) in [6.07, 6.45) is -0.00443. The summed E-state index contributed by atoms with van der Waals surface area (Å²) in [5.41, 5.74) is 0.140. The summed E-state index contributed by atoms with van der Waals surface area (Å²) in [6.45, 7) is 4.15. The first-order chi connectivity index (χ1) is 9.99. The third-order valence-corrected chi connectivity index (χ3v) is 3.35. The van der Waals surface area contributed by atoms with Crippen LogP contribution >= 0.6 is 0 Å². The molecule has 1 heterocycles. The van der Waals surface area contributed by atoms with Gasteiger partial charge in [0, 0.05) is 12.6 Å². The van der Waals surface area contributed by atoms with E-state index in [0.29, 0.717) is 23.9 Å². The lowest BCUT2D eigenvalue weighted by atomic mass is 10.0. The maximum absolute atomic E-state index is 12.0. The molecule has 1 aromatic heterocycles. The molecule has 5 heteroatoms. The number of hydrogen-bond acceptors (Lipinski definition) is 4. The fraction of sp³-hybridized carbons (Fsp3) is 0.375. The standard InChI is InChI=1S/C16H19NO4/c1-10(2)12(18)7-8-17-16(20)15-9-13(19)11-5-3-4-6-14(11)21-15/h3-6,9-10,12,18H,7-8H2,1-2H3,(H,17,20). The minimum atomic E-state index is -0.464. The SMILES string of the molecule is CC(C)C(O)CCNC(=O)c1cc(=O)c2ccccc2o1. The van der Waals surface area contributed by atoms with Crippen LogP contribution in [0.15, 0.2) is 39.5 Å². The molecule has 1 unspecified atom stereocenters. The molecule has 2 N–H and O–H groups in total. The number of aliphatic hydroxyl groups excluding tert-OH is 1. The van der Waals surface area contributed by atoms with Crippen molar-refractivity contribution in [2.24, 2.45) is 5.92 Å². The van der Waals surface area contributed by atoms with Crippen LogP contribution in [-0.4, -0.2) is 23.7 Å². The summed E-state index contributed by atoms with van der Waals surface area (Å²) in [6, 6.07) is 7.98. The highest BCUT2D eigenvalue weighted by Crippen LogP contribution is 2.11. The van der Waals surface area contributed by atoms with E-state index in [1.54, 1.807) is 24.3 Å². The van der Waals surface area contributed by atoms with Gasteiger partial charge in [0.25, 0.3) is 5.91 Å². The summed E-state index contributed by atoms with van der Waals surface area (Å²) < 4.78 is 5.43. The number of rotatable bonds is 5. The molecule has 1 amide bonds. The first-order valence-electron chi connectivity index (χ1n) is 6.98. The fourth-order valence-corrected chi connectivity index (χ4v) is 1.97. The molecule has 112 valence electrons. The molecule has 0 saturated heterocycles. The van der Waals surface area contributed by atoms with Gasteiger partial charge >= 0.3 is 0 Å². The van der Waals surface area contributed by atoms with Crippen LogP contribution in [0.3, 0.4) is 0 Å². The zero-order valence-electron chi connectivity index (χ0n) is 12.1. The fourth-order valence-electron chi connectivity index (χ4n) is 1.97. The van der Waals surface area contributed by atoms with E-state index in [-0.39, 0.29) is 17.1 Å². The Labute approximate surface area is 122 Å². The van der Waals surface area contributed by atoms with Gasteiger partial charge in [-0.2, -0.15) is 0 Å². The van der Waals surface area contributed by atoms with Crippen molar-refractivity contribution < 1.29 is 14.3 Å². The van der Waals surface area contributed by atoms with Gasteiger partial charge in [-0.15, -0.1) is 0 Å². The monoisotopic (exact) mass is 289 g/mol. The van der Waals surface area contributed by atoms with E-state index in [0.717, 1.165) is 0 Å². The summed E-state index contributed by atoms with van der Waals surface area (Å²) in [5.74, 6) is -0.327. The summed E-state index contributed by atoms with van der Waals surface area (Å²) in [5, 5.41) is 12.8. The highest BCUT2D eigenvalue weighted by Gasteiger charge is 2.13. The van der Waals surface area contributed by atoms with Gasteiger partial charge in [-0.25, -0.2) is 0 Å². The Morgan fingerprint density at radius 1 is 1.33 bits per heavy atom. The first kappa shape index (κ1) is 15.3. The van der Waals surface area contributed by atoms with Crippen LogP contribution in [0.4, 0.5) is 0 Å². The number of hydrogen-bond donors (Lipinski definition) is 2. The van der Waals surface area contributed by atoms with Gasteiger partial charge in [0.15, 0.2) is 11.2 Å². The number of amides is 1. The number of nitrogens with one attached hydrogen (secondary N) is 1. The van der Waals surface area contributed by atoms with Crippen LogP contribution in [0.5, 0.6) is 0 Å². The average molecular weight is 289 g/mol. The van der Waals surface area contributed by atoms with E-state index >= 15 is 0 Å². The number of aliphatic hydroxyl groups is 1. The number of carbonyl (C=O) groups excluding carboxylic acids is 1. The second-order valence-corrected chi connectivity index (χ2v) is 5.33. The Morgan fingerprint density at radius 2 is 2.05 bits per heavy atom. The van der Waals surface area contributed by atoms with E-state index in [4.69, 9.17) is 4.42 Å². The Balaban J connectivity index is 2.08. The van der Waals surface area contributed by atoms with Gasteiger partial charge in [0.2, 0.25) is 0 Å². The van der Waals surface area contributed by atoms with Crippen molar-refractivity contribution in [2.45, 2.75) is 26.4 Å². The summed E-state index contributed by atoms with van der Waals surface area (Å²) in [4.78, 5) is 23.9. The second kappa shape index (κ2) is 6.54. The van der Waals surface area contributed by atoms with Crippen LogP contribution in [0.2, 0.25) is 0 Å². The molecule has 2 aromatic rings. The van der Waals surface area contributed by atoms with Crippen molar-refractivity contribution >= 4 is 16.9 Å². The smallest absolute Gasteiger partial charge is 0.287 e. The van der Waals surface area contributed by atoms with Gasteiger partial charge < -0.3 is 14.8 Å². The quantitative estimate of drug-likeness (QED) is 0.881. The summed E-state index contributed by atoms with van der Waals surface area (Å²) >= 11 is 0. The van der Waals surface area contributed by atoms with Gasteiger partial charge in [-0.05, 0) is 24.5 Å². The maximum Gasteiger partial charge on any atom is 0.287 e. The van der Waals surface area contributed by atoms with E-state index in [9.17, 15) is 14.7 Å². The number of benzene rings is 1. The van der Waals surface area contributed by atoms with Gasteiger partial charge in [0.1, 0.15) is 5.58 Å². The molecule has 0 saturated carbocycles. The Bertz CT molecular complexity index is 690. The third-order valence-electron chi connectivity index (χ3n) is 3.35. The van der Waals surface area contributed by atoms with E-state index in [1.165, 1.54) is 6.07 Å². The second-order valence-electron chi connectivity index (χ2n) is 5.33. The lowest BCUT2D eigenvalue weighted by Crippen LogP contribution is -2.29. The zero-order valence-corrected chi connectivity index (χ0v) is 12.1. The molecule has 1 atom stereocenters. The van der Waals surface area contributed by atoms with E-state index in [2.05, 4.69) is 5.32 Å². The summed E-state index contributed by atoms with van der Waals surface area (Å²) in [7, 11) is 0. The van der Waals surface area contributed by atoms with Crippen LogP contribution in [-0.2, 0) is 0 Å². The van der Waals surface area contributed by atoms with Gasteiger partial charge in [-0.1, -0.05) is 26.0 Å². The van der Waals surface area contributed by atoms with Crippen molar-refractivity contribution in [1.82, 2.24) is 5.32 Å². The minimum Gasteiger partial charge on any atom is -0.451 e. The molecule has 0 aliphatic heterocycles. The molecule has 1 aromatic carbocycles. The Morgan fingerprint density at radius 3 is 2.76 bits per heavy atom. The molecule has 0 aliphatic rings. The predicted molar refractivity (Wildman–Crippen MR) is 80.3 cm³/mol. The minimum absolute atomic E-state index is 0.0160. The number of carbonyl (C=O) groups is 1. The molecule has 0 radical (unpaired) electrons. The third kappa shape index (κ3) is 3.70. The molecular formula is C16H19NO4. The topological polar surface area (TPSA) is 79.5 Å². The van der Waals surface area contributed by atoms with E-state index < -0.39 is 12.0 Å². The van der Waals surface area contributed by atoms with Crippen LogP contribution in [0, 0.1) is 5.92 Å². The van der Waals surface area contributed by atoms with Crippen LogP contribution in [0.1, 0.15) is 30.8 Å². The molecule has 0 bridgehead atoms. The lowest BCUT2D eigenvalue weighted by molar-refractivity contribution is 0.0895. The molecule has 5 nitrogen and oxygen atoms in total. The molecule has 0 aliphatic carbocycles. The predicted octanol–water partition coefficient (Wildman–Crippen LogP) is 1.93. The Kier molecular flexibility index (Phi) is 4.75. The molecule has 21 heavy (non-hydrogen) atoms. The van der Waals surface area contributed by atoms with Crippen molar-refractivity contribution in [3.8, 4) is 0 Å². The normalized spacial score (nSPS) is 12.6. The van der Waals surface area contributed by atoms with Crippen molar-refractivity contribution in [3.05, 3.63) is 46.3 Å². The molecule has 0 spiro atoms. The van der Waals surface area contributed by atoms with Gasteiger partial charge in [-0.3, -0.25) is 9.59 Å². The maximum atomic E-state index is 12.0. The van der Waals surface area contributed by atoms with Crippen molar-refractivity contribution in [3.63, 3.8) is 0 Å². The largest absolute Gasteiger partial charge is 0.451 e. The van der Waals surface area contributed by atoms with Crippen molar-refractivity contribution in [1.29, 1.82) is 0 Å².